The number of nitrogens with zero attached hydrogens (tertiary/aromatic N) is 4. The number of halogens is 4. The highest BCUT2D eigenvalue weighted by molar-refractivity contribution is 5.94. The first-order valence-electron chi connectivity index (χ1n) is 7.96. The zero-order chi connectivity index (χ0) is 19.1. The van der Waals surface area contributed by atoms with E-state index in [0.717, 1.165) is 11.7 Å². The molecule has 0 aliphatic carbocycles. The van der Waals surface area contributed by atoms with Gasteiger partial charge in [-0.15, -0.1) is 5.10 Å². The van der Waals surface area contributed by atoms with Crippen LogP contribution in [0.2, 0.25) is 0 Å². The molecule has 1 aliphatic heterocycles. The Hall–Kier alpha value is -2.65. The third-order valence-electron chi connectivity index (χ3n) is 4.45. The fraction of sp³-hybridized carbons (Fsp3) is 0.438. The predicted octanol–water partition coefficient (Wildman–Crippen LogP) is 2.22. The van der Waals surface area contributed by atoms with E-state index in [-0.39, 0.29) is 19.0 Å². The van der Waals surface area contributed by atoms with Gasteiger partial charge < -0.3 is 4.90 Å². The van der Waals surface area contributed by atoms with Crippen LogP contribution >= 0.6 is 0 Å². The summed E-state index contributed by atoms with van der Waals surface area (Å²) in [6, 6.07) is 4.62. The largest absolute Gasteiger partial charge is 0.451 e. The number of benzene rings is 1. The summed E-state index contributed by atoms with van der Waals surface area (Å²) in [7, 11) is 1.03. The second kappa shape index (κ2) is 6.58. The van der Waals surface area contributed by atoms with E-state index in [1.165, 1.54) is 29.2 Å². The Bertz CT molecular complexity index is 862. The molecule has 1 fully saturated rings. The summed E-state index contributed by atoms with van der Waals surface area (Å²) in [5, 5.41) is 3.44. The lowest BCUT2D eigenvalue weighted by Crippen LogP contribution is -2.41. The highest BCUT2D eigenvalue weighted by atomic mass is 19.4. The van der Waals surface area contributed by atoms with Gasteiger partial charge in [0.05, 0.1) is 6.04 Å². The zero-order valence-electron chi connectivity index (χ0n) is 13.8. The minimum atomic E-state index is -4.71. The normalized spacial score (nSPS) is 16.1. The highest BCUT2D eigenvalue weighted by Gasteiger charge is 2.39. The zero-order valence-corrected chi connectivity index (χ0v) is 13.8. The number of hydrogen-bond acceptors (Lipinski definition) is 3. The summed E-state index contributed by atoms with van der Waals surface area (Å²) in [5.74, 6) is -1.98. The van der Waals surface area contributed by atoms with Crippen molar-refractivity contribution in [2.45, 2.75) is 25.1 Å². The number of carbonyl (C=O) groups is 1. The SMILES string of the molecule is Cn1c(C(F)(F)F)nn(C2CCN(C(=O)c3ccc(F)cc3)CC2)c1=O. The number of piperidine rings is 1. The van der Waals surface area contributed by atoms with Crippen molar-refractivity contribution in [3.05, 3.63) is 52.0 Å². The van der Waals surface area contributed by atoms with Gasteiger partial charge in [0, 0.05) is 25.7 Å². The average Bonchev–Trinajstić information content (AvgIpc) is 2.91. The van der Waals surface area contributed by atoms with Crippen molar-refractivity contribution in [1.29, 1.82) is 0 Å². The Morgan fingerprint density at radius 2 is 1.73 bits per heavy atom. The van der Waals surface area contributed by atoms with E-state index in [2.05, 4.69) is 5.10 Å². The van der Waals surface area contributed by atoms with E-state index in [9.17, 15) is 27.2 Å². The predicted molar refractivity (Wildman–Crippen MR) is 83.0 cm³/mol. The number of amides is 1. The Labute approximate surface area is 145 Å². The van der Waals surface area contributed by atoms with Crippen LogP contribution in [0.25, 0.3) is 0 Å². The van der Waals surface area contributed by atoms with Crippen molar-refractivity contribution in [2.24, 2.45) is 7.05 Å². The molecule has 6 nitrogen and oxygen atoms in total. The van der Waals surface area contributed by atoms with Crippen LogP contribution < -0.4 is 5.69 Å². The molecule has 0 N–H and O–H groups in total. The number of rotatable bonds is 2. The van der Waals surface area contributed by atoms with Crippen molar-refractivity contribution in [1.82, 2.24) is 19.2 Å². The first-order valence-corrected chi connectivity index (χ1v) is 7.96. The maximum atomic E-state index is 12.9. The van der Waals surface area contributed by atoms with E-state index < -0.39 is 29.5 Å². The number of carbonyl (C=O) groups excluding carboxylic acids is 1. The highest BCUT2D eigenvalue weighted by Crippen LogP contribution is 2.28. The van der Waals surface area contributed by atoms with Crippen LogP contribution in [0, 0.1) is 5.82 Å². The van der Waals surface area contributed by atoms with Gasteiger partial charge >= 0.3 is 11.9 Å². The van der Waals surface area contributed by atoms with Gasteiger partial charge in [-0.1, -0.05) is 0 Å². The molecule has 1 aromatic heterocycles. The minimum Gasteiger partial charge on any atom is -0.338 e. The lowest BCUT2D eigenvalue weighted by Gasteiger charge is -2.31. The van der Waals surface area contributed by atoms with Crippen LogP contribution in [0.15, 0.2) is 29.1 Å². The first kappa shape index (κ1) is 18.2. The molecule has 1 amide bonds. The van der Waals surface area contributed by atoms with E-state index in [1.54, 1.807) is 0 Å². The molecule has 140 valence electrons. The van der Waals surface area contributed by atoms with Gasteiger partial charge in [0.2, 0.25) is 5.82 Å². The monoisotopic (exact) mass is 372 g/mol. The maximum Gasteiger partial charge on any atom is 0.451 e. The fourth-order valence-corrected chi connectivity index (χ4v) is 3.03. The number of hydrogen-bond donors (Lipinski definition) is 0. The molecule has 1 saturated heterocycles. The van der Waals surface area contributed by atoms with E-state index in [4.69, 9.17) is 0 Å². The molecule has 0 bridgehead atoms. The van der Waals surface area contributed by atoms with Gasteiger partial charge in [0.15, 0.2) is 0 Å². The lowest BCUT2D eigenvalue weighted by atomic mass is 10.0. The summed E-state index contributed by atoms with van der Waals surface area (Å²) < 4.78 is 52.9. The van der Waals surface area contributed by atoms with Gasteiger partial charge in [-0.3, -0.25) is 9.36 Å². The standard InChI is InChI=1S/C16H16F4N4O2/c1-22-14(16(18,19)20)21-24(15(22)26)12-6-8-23(9-7-12)13(25)10-2-4-11(17)5-3-10/h2-5,12H,6-9H2,1H3. The van der Waals surface area contributed by atoms with Crippen LogP contribution in [0.5, 0.6) is 0 Å². The molecule has 10 heteroatoms. The molecule has 0 spiro atoms. The van der Waals surface area contributed by atoms with Crippen LogP contribution in [-0.4, -0.2) is 38.2 Å². The summed E-state index contributed by atoms with van der Waals surface area (Å²) in [5.41, 5.74) is -0.500. The number of aromatic nitrogens is 3. The fourth-order valence-electron chi connectivity index (χ4n) is 3.03. The molecule has 26 heavy (non-hydrogen) atoms. The Morgan fingerprint density at radius 1 is 1.15 bits per heavy atom. The third-order valence-corrected chi connectivity index (χ3v) is 4.45. The molecular formula is C16H16F4N4O2. The molecule has 0 unspecified atom stereocenters. The van der Waals surface area contributed by atoms with Crippen LogP contribution in [0.3, 0.4) is 0 Å². The average molecular weight is 372 g/mol. The molecule has 1 aromatic carbocycles. The second-order valence-electron chi connectivity index (χ2n) is 6.14. The molecule has 1 aliphatic rings. The summed E-state index contributed by atoms with van der Waals surface area (Å²) >= 11 is 0. The summed E-state index contributed by atoms with van der Waals surface area (Å²) in [4.78, 5) is 26.0. The topological polar surface area (TPSA) is 60.1 Å². The Balaban J connectivity index is 1.72. The number of alkyl halides is 3. The number of likely N-dealkylation sites (tertiary alicyclic amines) is 1. The summed E-state index contributed by atoms with van der Waals surface area (Å²) in [6.07, 6.45) is -4.10. The Kier molecular flexibility index (Phi) is 4.59. The van der Waals surface area contributed by atoms with E-state index in [0.29, 0.717) is 23.0 Å². The molecule has 0 radical (unpaired) electrons. The van der Waals surface area contributed by atoms with Crippen molar-refractivity contribution < 1.29 is 22.4 Å². The van der Waals surface area contributed by atoms with Crippen LogP contribution in [0.1, 0.15) is 35.1 Å². The van der Waals surface area contributed by atoms with Crippen molar-refractivity contribution >= 4 is 5.91 Å². The Morgan fingerprint density at radius 3 is 2.23 bits per heavy atom. The van der Waals surface area contributed by atoms with E-state index in [1.807, 2.05) is 0 Å². The third kappa shape index (κ3) is 3.35. The van der Waals surface area contributed by atoms with Gasteiger partial charge in [0.25, 0.3) is 5.91 Å². The van der Waals surface area contributed by atoms with Gasteiger partial charge in [-0.05, 0) is 37.1 Å². The summed E-state index contributed by atoms with van der Waals surface area (Å²) in [6.45, 7) is 0.538. The van der Waals surface area contributed by atoms with Gasteiger partial charge in [0.1, 0.15) is 5.82 Å². The lowest BCUT2D eigenvalue weighted by molar-refractivity contribution is -0.147. The molecule has 0 saturated carbocycles. The quantitative estimate of drug-likeness (QED) is 0.760. The van der Waals surface area contributed by atoms with Crippen molar-refractivity contribution in [3.63, 3.8) is 0 Å². The molecule has 2 heterocycles. The molecule has 3 rings (SSSR count). The maximum absolute atomic E-state index is 12.9. The smallest absolute Gasteiger partial charge is 0.338 e. The van der Waals surface area contributed by atoms with Crippen molar-refractivity contribution in [3.8, 4) is 0 Å². The van der Waals surface area contributed by atoms with Crippen LogP contribution in [-0.2, 0) is 13.2 Å². The van der Waals surface area contributed by atoms with Crippen LogP contribution in [0.4, 0.5) is 17.6 Å². The van der Waals surface area contributed by atoms with Gasteiger partial charge in [-0.25, -0.2) is 13.9 Å². The van der Waals surface area contributed by atoms with E-state index >= 15 is 0 Å². The molecule has 0 atom stereocenters. The molecular weight excluding hydrogens is 356 g/mol. The van der Waals surface area contributed by atoms with Crippen molar-refractivity contribution in [2.75, 3.05) is 13.1 Å². The second-order valence-corrected chi connectivity index (χ2v) is 6.14. The minimum absolute atomic E-state index is 0.269. The van der Waals surface area contributed by atoms with Gasteiger partial charge in [-0.2, -0.15) is 13.2 Å². The first-order chi connectivity index (χ1) is 12.2. The molecule has 2 aromatic rings.